The fourth-order valence-corrected chi connectivity index (χ4v) is 4.66. The Morgan fingerprint density at radius 3 is 2.00 bits per heavy atom. The first-order valence-corrected chi connectivity index (χ1v) is 12.3. The van der Waals surface area contributed by atoms with Gasteiger partial charge in [0.15, 0.2) is 0 Å². The summed E-state index contributed by atoms with van der Waals surface area (Å²) in [7, 11) is 3.30. The van der Waals surface area contributed by atoms with Crippen LogP contribution in [0.25, 0.3) is 11.3 Å². The predicted molar refractivity (Wildman–Crippen MR) is 145 cm³/mol. The van der Waals surface area contributed by atoms with Gasteiger partial charge in [-0.05, 0) is 71.7 Å². The van der Waals surface area contributed by atoms with Crippen molar-refractivity contribution in [1.82, 2.24) is 4.57 Å². The third kappa shape index (κ3) is 5.38. The number of nitrogens with two attached hydrogens (primary N) is 1. The van der Waals surface area contributed by atoms with Crippen molar-refractivity contribution in [2.75, 3.05) is 14.2 Å². The van der Waals surface area contributed by atoms with Crippen molar-refractivity contribution in [3.05, 3.63) is 64.3 Å². The van der Waals surface area contributed by atoms with Gasteiger partial charge in [-0.2, -0.15) is 0 Å². The third-order valence-corrected chi connectivity index (χ3v) is 6.75. The minimum Gasteiger partial charge on any atom is -0.507 e. The molecule has 0 atom stereocenters. The van der Waals surface area contributed by atoms with E-state index in [-0.39, 0.29) is 10.8 Å². The molecule has 0 fully saturated rings. The summed E-state index contributed by atoms with van der Waals surface area (Å²) in [6.07, 6.45) is 0.664. The second-order valence-electron chi connectivity index (χ2n) is 11.4. The van der Waals surface area contributed by atoms with Crippen molar-refractivity contribution in [3.63, 3.8) is 0 Å². The molecule has 3 rings (SSSR count). The Morgan fingerprint density at radius 2 is 1.53 bits per heavy atom. The van der Waals surface area contributed by atoms with Crippen LogP contribution in [0.15, 0.2) is 36.4 Å². The number of aromatic nitrogens is 1. The highest BCUT2D eigenvalue weighted by atomic mass is 16.5. The highest BCUT2D eigenvalue weighted by molar-refractivity contribution is 5.95. The van der Waals surface area contributed by atoms with Gasteiger partial charge in [-0.1, -0.05) is 41.5 Å². The molecule has 0 aliphatic rings. The Morgan fingerprint density at radius 1 is 0.944 bits per heavy atom. The first-order valence-electron chi connectivity index (χ1n) is 12.3. The zero-order valence-electron chi connectivity index (χ0n) is 23.1. The average molecular weight is 493 g/mol. The fourth-order valence-electron chi connectivity index (χ4n) is 4.66. The van der Waals surface area contributed by atoms with E-state index in [1.807, 2.05) is 43.3 Å². The standard InChI is InChI=1S/C30H40N2O4/c1-18-22(28(31)34)17-25(32(18)13-12-19-14-21(35-8)10-11-26(19)36-9)20-15-23(29(2,3)4)27(33)24(16-20)30(5,6)7/h10-11,14-17,33H,12-13H2,1-9H3,(H2,31,34). The number of methoxy groups -OCH3 is 2. The van der Waals surface area contributed by atoms with Gasteiger partial charge < -0.3 is 24.9 Å². The van der Waals surface area contributed by atoms with Gasteiger partial charge in [0.25, 0.3) is 5.91 Å². The number of phenolic OH excluding ortho intramolecular Hbond substituents is 1. The molecule has 0 aliphatic heterocycles. The number of primary amides is 1. The average Bonchev–Trinajstić information content (AvgIpc) is 3.12. The van der Waals surface area contributed by atoms with Crippen LogP contribution in [-0.2, 0) is 23.8 Å². The van der Waals surface area contributed by atoms with Crippen LogP contribution in [0, 0.1) is 6.92 Å². The molecule has 0 saturated heterocycles. The summed E-state index contributed by atoms with van der Waals surface area (Å²) in [5.74, 6) is 1.41. The number of phenols is 1. The summed E-state index contributed by atoms with van der Waals surface area (Å²) in [6.45, 7) is 15.1. The Balaban J connectivity index is 2.21. The van der Waals surface area contributed by atoms with Crippen LogP contribution < -0.4 is 15.2 Å². The molecule has 0 aliphatic carbocycles. The van der Waals surface area contributed by atoms with E-state index in [2.05, 4.69) is 46.1 Å². The maximum absolute atomic E-state index is 12.3. The van der Waals surface area contributed by atoms with E-state index in [1.165, 1.54) is 0 Å². The van der Waals surface area contributed by atoms with E-state index < -0.39 is 5.91 Å². The normalized spacial score (nSPS) is 12.0. The number of ether oxygens (including phenoxy) is 2. The van der Waals surface area contributed by atoms with E-state index in [4.69, 9.17) is 15.2 Å². The van der Waals surface area contributed by atoms with E-state index in [0.29, 0.717) is 24.3 Å². The van der Waals surface area contributed by atoms with Crippen molar-refractivity contribution in [1.29, 1.82) is 0 Å². The van der Waals surface area contributed by atoms with E-state index in [9.17, 15) is 9.90 Å². The maximum atomic E-state index is 12.3. The molecule has 0 bridgehead atoms. The smallest absolute Gasteiger partial charge is 0.250 e. The van der Waals surface area contributed by atoms with E-state index in [0.717, 1.165) is 45.1 Å². The van der Waals surface area contributed by atoms with Gasteiger partial charge in [0.2, 0.25) is 0 Å². The fraction of sp³-hybridized carbons (Fsp3) is 0.433. The van der Waals surface area contributed by atoms with Crippen molar-refractivity contribution >= 4 is 5.91 Å². The number of nitrogens with zero attached hydrogens (tertiary/aromatic N) is 1. The Labute approximate surface area is 215 Å². The SMILES string of the molecule is COc1ccc(OC)c(CCn2c(-c3cc(C(C)(C)C)c(O)c(C(C)(C)C)c3)cc(C(N)=O)c2C)c1. The van der Waals surface area contributed by atoms with Crippen LogP contribution in [-0.4, -0.2) is 29.8 Å². The molecule has 1 heterocycles. The second kappa shape index (κ2) is 9.92. The van der Waals surface area contributed by atoms with Crippen molar-refractivity contribution in [3.8, 4) is 28.5 Å². The predicted octanol–water partition coefficient (Wildman–Crippen LogP) is 6.12. The zero-order valence-corrected chi connectivity index (χ0v) is 23.1. The van der Waals surface area contributed by atoms with Gasteiger partial charge in [-0.25, -0.2) is 0 Å². The molecule has 3 aromatic rings. The van der Waals surface area contributed by atoms with Gasteiger partial charge in [0.05, 0.1) is 19.8 Å². The van der Waals surface area contributed by atoms with Gasteiger partial charge in [-0.3, -0.25) is 4.79 Å². The quantitative estimate of drug-likeness (QED) is 0.416. The Bertz CT molecular complexity index is 1240. The number of hydrogen-bond acceptors (Lipinski definition) is 4. The molecule has 194 valence electrons. The Kier molecular flexibility index (Phi) is 7.49. The van der Waals surface area contributed by atoms with Crippen LogP contribution in [0.3, 0.4) is 0 Å². The van der Waals surface area contributed by atoms with Crippen molar-refractivity contribution < 1.29 is 19.4 Å². The summed E-state index contributed by atoms with van der Waals surface area (Å²) in [4.78, 5) is 12.3. The minimum absolute atomic E-state index is 0.271. The highest BCUT2D eigenvalue weighted by Gasteiger charge is 2.28. The molecule has 1 amide bonds. The lowest BCUT2D eigenvalue weighted by molar-refractivity contribution is 0.0999. The minimum atomic E-state index is -0.461. The highest BCUT2D eigenvalue weighted by Crippen LogP contribution is 2.42. The number of hydrogen-bond donors (Lipinski definition) is 2. The lowest BCUT2D eigenvalue weighted by atomic mass is 9.78. The van der Waals surface area contributed by atoms with Gasteiger partial charge in [0.1, 0.15) is 17.2 Å². The van der Waals surface area contributed by atoms with Crippen LogP contribution in [0.4, 0.5) is 0 Å². The number of rotatable bonds is 7. The molecule has 0 radical (unpaired) electrons. The largest absolute Gasteiger partial charge is 0.507 e. The first-order chi connectivity index (χ1) is 16.7. The van der Waals surface area contributed by atoms with Gasteiger partial charge >= 0.3 is 0 Å². The number of aromatic hydroxyl groups is 1. The topological polar surface area (TPSA) is 86.7 Å². The summed E-state index contributed by atoms with van der Waals surface area (Å²) in [5, 5.41) is 11.2. The van der Waals surface area contributed by atoms with Crippen LogP contribution >= 0.6 is 0 Å². The van der Waals surface area contributed by atoms with Gasteiger partial charge in [0, 0.05) is 29.1 Å². The number of carbonyl (C=O) groups is 1. The molecule has 0 saturated carbocycles. The van der Waals surface area contributed by atoms with Crippen LogP contribution in [0.5, 0.6) is 17.2 Å². The summed E-state index contributed by atoms with van der Waals surface area (Å²) >= 11 is 0. The van der Waals surface area contributed by atoms with E-state index in [1.54, 1.807) is 14.2 Å². The monoisotopic (exact) mass is 492 g/mol. The molecule has 0 unspecified atom stereocenters. The molecule has 0 spiro atoms. The summed E-state index contributed by atoms with van der Waals surface area (Å²) in [5.41, 5.74) is 11.1. The molecular formula is C30H40N2O4. The summed E-state index contributed by atoms with van der Waals surface area (Å²) < 4.78 is 13.1. The zero-order chi connectivity index (χ0) is 27.0. The summed E-state index contributed by atoms with van der Waals surface area (Å²) in [6, 6.07) is 11.7. The number of benzene rings is 2. The maximum Gasteiger partial charge on any atom is 0.250 e. The molecule has 1 aromatic heterocycles. The number of carbonyl (C=O) groups excluding carboxylic acids is 1. The number of aryl methyl sites for hydroxylation is 1. The van der Waals surface area contributed by atoms with Crippen molar-refractivity contribution in [2.24, 2.45) is 5.73 Å². The number of amides is 1. The molecule has 36 heavy (non-hydrogen) atoms. The molecule has 6 nitrogen and oxygen atoms in total. The van der Waals surface area contributed by atoms with Crippen LogP contribution in [0.1, 0.15) is 74.3 Å². The lowest BCUT2D eigenvalue weighted by Gasteiger charge is -2.28. The first kappa shape index (κ1) is 27.2. The molecule has 3 N–H and O–H groups in total. The van der Waals surface area contributed by atoms with Crippen molar-refractivity contribution in [2.45, 2.75) is 72.3 Å². The third-order valence-electron chi connectivity index (χ3n) is 6.75. The molecule has 6 heteroatoms. The second-order valence-corrected chi connectivity index (χ2v) is 11.4. The van der Waals surface area contributed by atoms with E-state index >= 15 is 0 Å². The lowest BCUT2D eigenvalue weighted by Crippen LogP contribution is -2.17. The Hall–Kier alpha value is -3.41. The van der Waals surface area contributed by atoms with Crippen LogP contribution in [0.2, 0.25) is 0 Å². The molecular weight excluding hydrogens is 452 g/mol. The molecule has 2 aromatic carbocycles. The van der Waals surface area contributed by atoms with Gasteiger partial charge in [-0.15, -0.1) is 0 Å².